The number of aliphatic hydroxyl groups excluding tert-OH is 1. The monoisotopic (exact) mass is 438 g/mol. The number of nitrogens with zero attached hydrogens (tertiary/aromatic N) is 2. The maximum absolute atomic E-state index is 13.7. The zero-order chi connectivity index (χ0) is 22.0. The van der Waals surface area contributed by atoms with E-state index in [-0.39, 0.29) is 24.3 Å². The summed E-state index contributed by atoms with van der Waals surface area (Å²) in [5.74, 6) is -0.928. The summed E-state index contributed by atoms with van der Waals surface area (Å²) >= 11 is 0. The van der Waals surface area contributed by atoms with Crippen LogP contribution in [-0.4, -0.2) is 35.0 Å². The van der Waals surface area contributed by atoms with Crippen molar-refractivity contribution in [2.75, 3.05) is 6.54 Å². The van der Waals surface area contributed by atoms with E-state index in [4.69, 9.17) is 5.26 Å². The van der Waals surface area contributed by atoms with Gasteiger partial charge in [-0.25, -0.2) is 0 Å². The van der Waals surface area contributed by atoms with E-state index < -0.39 is 24.2 Å². The van der Waals surface area contributed by atoms with Crippen molar-refractivity contribution >= 4 is 0 Å². The lowest BCUT2D eigenvalue weighted by Crippen LogP contribution is -2.58. The molecule has 0 amide bonds. The minimum absolute atomic E-state index is 0.0946. The third-order valence-electron chi connectivity index (χ3n) is 8.65. The van der Waals surface area contributed by atoms with Crippen LogP contribution in [0.5, 0.6) is 0 Å². The molecule has 0 aromatic heterocycles. The van der Waals surface area contributed by atoms with Crippen molar-refractivity contribution in [3.05, 3.63) is 11.6 Å². The fourth-order valence-electron chi connectivity index (χ4n) is 6.97. The maximum atomic E-state index is 13.7. The first-order chi connectivity index (χ1) is 14.9. The van der Waals surface area contributed by atoms with Gasteiger partial charge in [-0.1, -0.05) is 37.3 Å². The van der Waals surface area contributed by atoms with Crippen LogP contribution in [0, 0.1) is 40.9 Å². The minimum Gasteiger partial charge on any atom is -0.378 e. The van der Waals surface area contributed by atoms with Gasteiger partial charge in [0.05, 0.1) is 17.9 Å². The Morgan fingerprint density at radius 2 is 1.77 bits per heavy atom. The third-order valence-corrected chi connectivity index (χ3v) is 8.65. The molecule has 4 aliphatic rings. The molecule has 2 saturated carbocycles. The summed E-state index contributed by atoms with van der Waals surface area (Å²) in [4.78, 5) is 2.11. The van der Waals surface area contributed by atoms with Crippen molar-refractivity contribution in [1.29, 1.82) is 5.26 Å². The zero-order valence-corrected chi connectivity index (χ0v) is 18.5. The van der Waals surface area contributed by atoms with Gasteiger partial charge in [0.15, 0.2) is 0 Å². The first-order valence-corrected chi connectivity index (χ1v) is 12.4. The molecule has 0 aromatic rings. The quantitative estimate of drug-likeness (QED) is 0.532. The van der Waals surface area contributed by atoms with E-state index in [1.807, 2.05) is 0 Å². The molecule has 0 spiro atoms. The van der Waals surface area contributed by atoms with Crippen molar-refractivity contribution in [1.82, 2.24) is 4.90 Å². The summed E-state index contributed by atoms with van der Waals surface area (Å²) < 4.78 is 41.1. The number of fused-ring (bicyclic) bond motifs is 1. The van der Waals surface area contributed by atoms with Gasteiger partial charge in [0, 0.05) is 18.5 Å². The van der Waals surface area contributed by atoms with Crippen molar-refractivity contribution in [3.8, 4) is 6.07 Å². The zero-order valence-electron chi connectivity index (χ0n) is 18.5. The molecule has 3 nitrogen and oxygen atoms in total. The maximum Gasteiger partial charge on any atom is 0.392 e. The molecule has 174 valence electrons. The standard InChI is InChI=1S/C25H37F3N2O/c26-25(27,28)22-7-3-1-6-20(22)16-30-23-8-4-2-5-19(23)14-21(24(30)31)13-17-9-11-18(15-29)12-10-17/h9,18-24,31H,1-8,10-14,16H2. The number of nitriles is 1. The van der Waals surface area contributed by atoms with Crippen LogP contribution in [-0.2, 0) is 0 Å². The summed E-state index contributed by atoms with van der Waals surface area (Å²) in [7, 11) is 0. The molecule has 1 aliphatic heterocycles. The van der Waals surface area contributed by atoms with Crippen molar-refractivity contribution < 1.29 is 18.3 Å². The Morgan fingerprint density at radius 1 is 1.03 bits per heavy atom. The van der Waals surface area contributed by atoms with Crippen LogP contribution in [0.15, 0.2) is 11.6 Å². The lowest BCUT2D eigenvalue weighted by molar-refractivity contribution is -0.206. The van der Waals surface area contributed by atoms with Crippen LogP contribution in [0.25, 0.3) is 0 Å². The molecule has 0 aromatic carbocycles. The van der Waals surface area contributed by atoms with Crippen molar-refractivity contribution in [2.24, 2.45) is 29.6 Å². The number of hydrogen-bond donors (Lipinski definition) is 1. The van der Waals surface area contributed by atoms with Gasteiger partial charge in [-0.3, -0.25) is 4.90 Å². The Balaban J connectivity index is 1.49. The molecular formula is C25H37F3N2O. The lowest BCUT2D eigenvalue weighted by atomic mass is 9.71. The molecule has 0 bridgehead atoms. The largest absolute Gasteiger partial charge is 0.392 e. The normalized spacial score (nSPS) is 40.0. The second-order valence-corrected chi connectivity index (χ2v) is 10.6. The first kappa shape index (κ1) is 23.1. The molecule has 7 unspecified atom stereocenters. The van der Waals surface area contributed by atoms with Gasteiger partial charge in [-0.05, 0) is 69.6 Å². The highest BCUT2D eigenvalue weighted by molar-refractivity contribution is 5.11. The molecule has 3 aliphatic carbocycles. The van der Waals surface area contributed by atoms with Crippen LogP contribution >= 0.6 is 0 Å². The van der Waals surface area contributed by atoms with Crippen LogP contribution < -0.4 is 0 Å². The van der Waals surface area contributed by atoms with Crippen molar-refractivity contribution in [2.45, 2.75) is 102 Å². The number of aliphatic hydroxyl groups is 1. The predicted molar refractivity (Wildman–Crippen MR) is 114 cm³/mol. The summed E-state index contributed by atoms with van der Waals surface area (Å²) in [5.41, 5.74) is 1.33. The Hall–Kier alpha value is -1.06. The van der Waals surface area contributed by atoms with E-state index >= 15 is 0 Å². The lowest BCUT2D eigenvalue weighted by Gasteiger charge is -2.52. The number of rotatable bonds is 4. The highest BCUT2D eigenvalue weighted by Crippen LogP contribution is 2.46. The van der Waals surface area contributed by atoms with Gasteiger partial charge in [0.2, 0.25) is 0 Å². The molecule has 1 N–H and O–H groups in total. The minimum atomic E-state index is -4.14. The van der Waals surface area contributed by atoms with Crippen LogP contribution in [0.1, 0.15) is 83.5 Å². The van der Waals surface area contributed by atoms with E-state index in [0.717, 1.165) is 57.8 Å². The van der Waals surface area contributed by atoms with Gasteiger partial charge < -0.3 is 5.11 Å². The predicted octanol–water partition coefficient (Wildman–Crippen LogP) is 6.19. The molecule has 6 heteroatoms. The first-order valence-electron chi connectivity index (χ1n) is 12.4. The number of hydrogen-bond acceptors (Lipinski definition) is 3. The molecule has 3 fully saturated rings. The van der Waals surface area contributed by atoms with Crippen molar-refractivity contribution in [3.63, 3.8) is 0 Å². The van der Waals surface area contributed by atoms with Crippen LogP contribution in [0.3, 0.4) is 0 Å². The fourth-order valence-corrected chi connectivity index (χ4v) is 6.97. The molecule has 7 atom stereocenters. The van der Waals surface area contributed by atoms with Crippen LogP contribution in [0.4, 0.5) is 13.2 Å². The average molecular weight is 439 g/mol. The highest BCUT2D eigenvalue weighted by Gasteiger charge is 2.49. The summed E-state index contributed by atoms with van der Waals surface area (Å²) in [6, 6.07) is 2.58. The van der Waals surface area contributed by atoms with Gasteiger partial charge in [-0.15, -0.1) is 0 Å². The average Bonchev–Trinajstić information content (AvgIpc) is 2.76. The second kappa shape index (κ2) is 9.83. The fraction of sp³-hybridized carbons (Fsp3) is 0.880. The Kier molecular flexibility index (Phi) is 7.33. The van der Waals surface area contributed by atoms with Gasteiger partial charge in [0.1, 0.15) is 6.23 Å². The highest BCUT2D eigenvalue weighted by atomic mass is 19.4. The van der Waals surface area contributed by atoms with E-state index in [1.54, 1.807) is 0 Å². The number of likely N-dealkylation sites (tertiary alicyclic amines) is 1. The Labute approximate surface area is 184 Å². The molecule has 4 rings (SSSR count). The summed E-state index contributed by atoms with van der Waals surface area (Å²) in [6.45, 7) is 0.387. The van der Waals surface area contributed by atoms with E-state index in [0.29, 0.717) is 25.3 Å². The summed E-state index contributed by atoms with van der Waals surface area (Å²) in [6.07, 6.45) is 8.62. The number of allylic oxidation sites excluding steroid dienone is 2. The molecule has 31 heavy (non-hydrogen) atoms. The molecule has 1 heterocycles. The summed E-state index contributed by atoms with van der Waals surface area (Å²) in [5, 5.41) is 20.5. The third kappa shape index (κ3) is 5.30. The smallest absolute Gasteiger partial charge is 0.378 e. The molecule has 1 saturated heterocycles. The topological polar surface area (TPSA) is 47.3 Å². The number of alkyl halides is 3. The Morgan fingerprint density at radius 3 is 2.48 bits per heavy atom. The van der Waals surface area contributed by atoms with E-state index in [9.17, 15) is 18.3 Å². The SMILES string of the molecule is N#CC1CC=C(CC2CC3CCCCC3N(CC3CCCCC3C(F)(F)F)C2O)CC1. The van der Waals surface area contributed by atoms with Gasteiger partial charge in [0.25, 0.3) is 0 Å². The molecule has 0 radical (unpaired) electrons. The second-order valence-electron chi connectivity index (χ2n) is 10.6. The van der Waals surface area contributed by atoms with E-state index in [1.165, 1.54) is 12.0 Å². The van der Waals surface area contributed by atoms with Gasteiger partial charge in [-0.2, -0.15) is 18.4 Å². The Bertz CT molecular complexity index is 685. The van der Waals surface area contributed by atoms with E-state index in [2.05, 4.69) is 17.0 Å². The molecular weight excluding hydrogens is 401 g/mol. The van der Waals surface area contributed by atoms with Crippen LogP contribution in [0.2, 0.25) is 0 Å². The number of piperidine rings is 1. The number of halogens is 3. The van der Waals surface area contributed by atoms with Gasteiger partial charge >= 0.3 is 6.18 Å².